The van der Waals surface area contributed by atoms with Crippen LogP contribution in [0.4, 0.5) is 0 Å². The molecule has 3 nitrogen and oxygen atoms in total. The summed E-state index contributed by atoms with van der Waals surface area (Å²) in [5.41, 5.74) is 2.33. The SMILES string of the molecule is C=Cc1c(C=O)cccc1OCOCc1ccccc1. The van der Waals surface area contributed by atoms with Gasteiger partial charge in [0, 0.05) is 11.1 Å². The van der Waals surface area contributed by atoms with Crippen LogP contribution in [-0.2, 0) is 11.3 Å². The molecule has 0 atom stereocenters. The van der Waals surface area contributed by atoms with Crippen LogP contribution < -0.4 is 4.74 Å². The van der Waals surface area contributed by atoms with Crippen LogP contribution in [-0.4, -0.2) is 13.1 Å². The average molecular weight is 268 g/mol. The van der Waals surface area contributed by atoms with Gasteiger partial charge in [0.2, 0.25) is 0 Å². The summed E-state index contributed by atoms with van der Waals surface area (Å²) in [4.78, 5) is 10.9. The lowest BCUT2D eigenvalue weighted by Gasteiger charge is -2.11. The van der Waals surface area contributed by atoms with Crippen molar-refractivity contribution in [2.24, 2.45) is 0 Å². The number of carbonyl (C=O) groups is 1. The molecule has 0 unspecified atom stereocenters. The topological polar surface area (TPSA) is 35.5 Å². The third-order valence-corrected chi connectivity index (χ3v) is 2.84. The summed E-state index contributed by atoms with van der Waals surface area (Å²) in [6.45, 7) is 4.30. The van der Waals surface area contributed by atoms with Crippen molar-refractivity contribution < 1.29 is 14.3 Å². The van der Waals surface area contributed by atoms with E-state index in [1.807, 2.05) is 30.3 Å². The number of rotatable bonds is 7. The van der Waals surface area contributed by atoms with Gasteiger partial charge in [-0.1, -0.05) is 55.1 Å². The van der Waals surface area contributed by atoms with Crippen LogP contribution in [0.2, 0.25) is 0 Å². The summed E-state index contributed by atoms with van der Waals surface area (Å²) in [6, 6.07) is 15.1. The monoisotopic (exact) mass is 268 g/mol. The Kier molecular flexibility index (Phi) is 5.09. The van der Waals surface area contributed by atoms with Crippen molar-refractivity contribution in [3.8, 4) is 5.75 Å². The quantitative estimate of drug-likeness (QED) is 0.436. The smallest absolute Gasteiger partial charge is 0.189 e. The largest absolute Gasteiger partial charge is 0.467 e. The van der Waals surface area contributed by atoms with E-state index in [9.17, 15) is 4.79 Å². The second kappa shape index (κ2) is 7.26. The number of ether oxygens (including phenoxy) is 2. The zero-order chi connectivity index (χ0) is 14.2. The van der Waals surface area contributed by atoms with E-state index in [-0.39, 0.29) is 6.79 Å². The molecule has 0 fully saturated rings. The molecule has 0 heterocycles. The molecular weight excluding hydrogens is 252 g/mol. The molecule has 20 heavy (non-hydrogen) atoms. The molecule has 102 valence electrons. The van der Waals surface area contributed by atoms with Crippen LogP contribution in [0, 0.1) is 0 Å². The Morgan fingerprint density at radius 3 is 2.55 bits per heavy atom. The fourth-order valence-electron chi connectivity index (χ4n) is 1.85. The van der Waals surface area contributed by atoms with E-state index in [2.05, 4.69) is 6.58 Å². The third kappa shape index (κ3) is 3.56. The maximum atomic E-state index is 10.9. The summed E-state index contributed by atoms with van der Waals surface area (Å²) < 4.78 is 11.0. The minimum absolute atomic E-state index is 0.123. The first-order valence-corrected chi connectivity index (χ1v) is 6.30. The first-order chi connectivity index (χ1) is 9.85. The number of hydrogen-bond acceptors (Lipinski definition) is 3. The molecule has 3 heteroatoms. The Morgan fingerprint density at radius 2 is 1.85 bits per heavy atom. The van der Waals surface area contributed by atoms with E-state index in [4.69, 9.17) is 9.47 Å². The van der Waals surface area contributed by atoms with Crippen LogP contribution in [0.25, 0.3) is 6.08 Å². The Balaban J connectivity index is 1.91. The van der Waals surface area contributed by atoms with Crippen molar-refractivity contribution in [2.45, 2.75) is 6.61 Å². The highest BCUT2D eigenvalue weighted by molar-refractivity contribution is 5.83. The van der Waals surface area contributed by atoms with Gasteiger partial charge in [-0.25, -0.2) is 0 Å². The van der Waals surface area contributed by atoms with E-state index < -0.39 is 0 Å². The zero-order valence-corrected chi connectivity index (χ0v) is 11.1. The van der Waals surface area contributed by atoms with Gasteiger partial charge < -0.3 is 9.47 Å². The van der Waals surface area contributed by atoms with Crippen molar-refractivity contribution in [1.29, 1.82) is 0 Å². The molecule has 0 aliphatic rings. The third-order valence-electron chi connectivity index (χ3n) is 2.84. The van der Waals surface area contributed by atoms with Crippen molar-refractivity contribution >= 4 is 12.4 Å². The Labute approximate surface area is 118 Å². The first kappa shape index (κ1) is 14.0. The number of hydrogen-bond donors (Lipinski definition) is 0. The van der Waals surface area contributed by atoms with Gasteiger partial charge >= 0.3 is 0 Å². The average Bonchev–Trinajstić information content (AvgIpc) is 2.52. The van der Waals surface area contributed by atoms with Crippen molar-refractivity contribution in [1.82, 2.24) is 0 Å². The van der Waals surface area contributed by atoms with Crippen molar-refractivity contribution in [3.63, 3.8) is 0 Å². The fraction of sp³-hybridized carbons (Fsp3) is 0.118. The molecule has 0 spiro atoms. The van der Waals surface area contributed by atoms with Crippen LogP contribution in [0.15, 0.2) is 55.1 Å². The Morgan fingerprint density at radius 1 is 1.05 bits per heavy atom. The van der Waals surface area contributed by atoms with Crippen LogP contribution in [0.3, 0.4) is 0 Å². The molecule has 0 saturated heterocycles. The summed E-state index contributed by atoms with van der Waals surface area (Å²) >= 11 is 0. The van der Waals surface area contributed by atoms with Crippen LogP contribution in [0.1, 0.15) is 21.5 Å². The van der Waals surface area contributed by atoms with Gasteiger partial charge in [0.25, 0.3) is 0 Å². The highest BCUT2D eigenvalue weighted by Gasteiger charge is 2.05. The molecule has 2 aromatic carbocycles. The van der Waals surface area contributed by atoms with E-state index >= 15 is 0 Å². The maximum absolute atomic E-state index is 10.9. The highest BCUT2D eigenvalue weighted by atomic mass is 16.7. The van der Waals surface area contributed by atoms with Gasteiger partial charge in [-0.3, -0.25) is 4.79 Å². The van der Waals surface area contributed by atoms with Gasteiger partial charge in [0.05, 0.1) is 6.61 Å². The number of aldehydes is 1. The predicted molar refractivity (Wildman–Crippen MR) is 78.6 cm³/mol. The second-order valence-corrected chi connectivity index (χ2v) is 4.18. The van der Waals surface area contributed by atoms with E-state index in [1.54, 1.807) is 24.3 Å². The van der Waals surface area contributed by atoms with Crippen molar-refractivity contribution in [3.05, 3.63) is 71.8 Å². The van der Waals surface area contributed by atoms with Gasteiger partial charge in [-0.15, -0.1) is 0 Å². The summed E-state index contributed by atoms with van der Waals surface area (Å²) in [6.07, 6.45) is 2.39. The molecule has 0 bridgehead atoms. The summed E-state index contributed by atoms with van der Waals surface area (Å²) in [7, 11) is 0. The van der Waals surface area contributed by atoms with Crippen LogP contribution >= 0.6 is 0 Å². The molecule has 0 amide bonds. The van der Waals surface area contributed by atoms with E-state index in [1.165, 1.54) is 0 Å². The minimum Gasteiger partial charge on any atom is -0.467 e. The number of carbonyl (C=O) groups excluding carboxylic acids is 1. The second-order valence-electron chi connectivity index (χ2n) is 4.18. The maximum Gasteiger partial charge on any atom is 0.189 e. The molecule has 0 aliphatic carbocycles. The van der Waals surface area contributed by atoms with Gasteiger partial charge in [-0.2, -0.15) is 0 Å². The lowest BCUT2D eigenvalue weighted by atomic mass is 10.1. The molecule has 2 rings (SSSR count). The lowest BCUT2D eigenvalue weighted by molar-refractivity contribution is 0.00490. The molecule has 0 aromatic heterocycles. The molecule has 0 saturated carbocycles. The highest BCUT2D eigenvalue weighted by Crippen LogP contribution is 2.22. The Hall–Kier alpha value is -2.39. The summed E-state index contributed by atoms with van der Waals surface area (Å²) in [5.74, 6) is 0.595. The van der Waals surface area contributed by atoms with Gasteiger partial charge in [0.1, 0.15) is 5.75 Å². The van der Waals surface area contributed by atoms with Gasteiger partial charge in [0.15, 0.2) is 13.1 Å². The predicted octanol–water partition coefficient (Wildman–Crippen LogP) is 3.70. The Bertz CT molecular complexity index is 576. The normalized spacial score (nSPS) is 10.0. The van der Waals surface area contributed by atoms with E-state index in [0.29, 0.717) is 23.5 Å². The van der Waals surface area contributed by atoms with Crippen LogP contribution in [0.5, 0.6) is 5.75 Å². The first-order valence-electron chi connectivity index (χ1n) is 6.30. The summed E-state index contributed by atoms with van der Waals surface area (Å²) in [5, 5.41) is 0. The molecule has 2 aromatic rings. The minimum atomic E-state index is 0.123. The fourth-order valence-corrected chi connectivity index (χ4v) is 1.85. The molecule has 0 radical (unpaired) electrons. The van der Waals surface area contributed by atoms with E-state index in [0.717, 1.165) is 11.8 Å². The molecule has 0 N–H and O–H groups in total. The van der Waals surface area contributed by atoms with Crippen molar-refractivity contribution in [2.75, 3.05) is 6.79 Å². The standard InChI is InChI=1S/C17H16O3/c1-2-16-15(11-18)9-6-10-17(16)20-13-19-12-14-7-4-3-5-8-14/h2-11H,1,12-13H2. The molecule has 0 aliphatic heterocycles. The number of benzene rings is 2. The molecular formula is C17H16O3. The zero-order valence-electron chi connectivity index (χ0n) is 11.1. The van der Waals surface area contributed by atoms with Gasteiger partial charge in [-0.05, 0) is 11.6 Å². The lowest BCUT2D eigenvalue weighted by Crippen LogP contribution is -2.04.